The molecule has 0 aliphatic heterocycles. The van der Waals surface area contributed by atoms with Gasteiger partial charge in [-0.1, -0.05) is 37.3 Å². The smallest absolute Gasteiger partial charge is 0.408 e. The van der Waals surface area contributed by atoms with Crippen LogP contribution in [0.4, 0.5) is 4.79 Å². The molecule has 1 atom stereocenters. The summed E-state index contributed by atoms with van der Waals surface area (Å²) in [6.07, 6.45) is 10.0. The van der Waals surface area contributed by atoms with E-state index in [-0.39, 0.29) is 24.4 Å². The summed E-state index contributed by atoms with van der Waals surface area (Å²) in [5.74, 6) is 1.97. The number of alkyl carbamates (subject to hydrolysis) is 1. The van der Waals surface area contributed by atoms with Crippen LogP contribution in [0.5, 0.6) is 0 Å². The maximum Gasteiger partial charge on any atom is 0.408 e. The van der Waals surface area contributed by atoms with Crippen molar-refractivity contribution in [3.8, 4) is 12.3 Å². The summed E-state index contributed by atoms with van der Waals surface area (Å²) in [7, 11) is 0. The fourth-order valence-electron chi connectivity index (χ4n) is 3.83. The second kappa shape index (κ2) is 11.6. The van der Waals surface area contributed by atoms with Crippen LogP contribution in [0.2, 0.25) is 0 Å². The maximum absolute atomic E-state index is 13.3. The van der Waals surface area contributed by atoms with E-state index in [2.05, 4.69) is 16.6 Å². The molecular formula is C25H35N3O4. The van der Waals surface area contributed by atoms with Crippen LogP contribution in [0.3, 0.4) is 0 Å². The number of benzene rings is 1. The van der Waals surface area contributed by atoms with Gasteiger partial charge in [0.05, 0.1) is 0 Å². The Morgan fingerprint density at radius 3 is 2.31 bits per heavy atom. The molecule has 3 amide bonds. The molecule has 0 heterocycles. The minimum absolute atomic E-state index is 0.109. The van der Waals surface area contributed by atoms with E-state index in [0.29, 0.717) is 17.7 Å². The Hall–Kier alpha value is -3.01. The van der Waals surface area contributed by atoms with Gasteiger partial charge in [-0.05, 0) is 58.2 Å². The largest absolute Gasteiger partial charge is 0.444 e. The number of likely N-dealkylation sites (N-methyl/N-ethyl adjacent to an activating group) is 1. The topological polar surface area (TPSA) is 87.7 Å². The summed E-state index contributed by atoms with van der Waals surface area (Å²) in [6, 6.07) is 6.36. The zero-order chi connectivity index (χ0) is 23.7. The average Bonchev–Trinajstić information content (AvgIpc) is 2.75. The lowest BCUT2D eigenvalue weighted by atomic mass is 9.94. The Labute approximate surface area is 191 Å². The van der Waals surface area contributed by atoms with Crippen molar-refractivity contribution < 1.29 is 19.1 Å². The molecule has 1 aliphatic carbocycles. The summed E-state index contributed by atoms with van der Waals surface area (Å²) >= 11 is 0. The van der Waals surface area contributed by atoms with Gasteiger partial charge in [0, 0.05) is 18.2 Å². The lowest BCUT2D eigenvalue weighted by Gasteiger charge is -2.33. The van der Waals surface area contributed by atoms with Crippen LogP contribution >= 0.6 is 0 Å². The highest BCUT2D eigenvalue weighted by Crippen LogP contribution is 2.24. The molecule has 2 rings (SSSR count). The average molecular weight is 442 g/mol. The minimum Gasteiger partial charge on any atom is -0.444 e. The van der Waals surface area contributed by atoms with Gasteiger partial charge >= 0.3 is 6.09 Å². The molecule has 1 saturated carbocycles. The third-order valence-electron chi connectivity index (χ3n) is 5.35. The Bertz CT molecular complexity index is 830. The van der Waals surface area contributed by atoms with Crippen LogP contribution < -0.4 is 10.6 Å². The Morgan fingerprint density at radius 1 is 1.16 bits per heavy atom. The Morgan fingerprint density at radius 2 is 1.78 bits per heavy atom. The second-order valence-corrected chi connectivity index (χ2v) is 9.05. The third kappa shape index (κ3) is 7.60. The maximum atomic E-state index is 13.3. The molecule has 7 heteroatoms. The number of ether oxygens (including phenoxy) is 1. The van der Waals surface area contributed by atoms with Crippen LogP contribution in [0.15, 0.2) is 24.3 Å². The minimum atomic E-state index is -0.818. The second-order valence-electron chi connectivity index (χ2n) is 9.05. The first kappa shape index (κ1) is 25.3. The van der Waals surface area contributed by atoms with E-state index in [9.17, 15) is 14.4 Å². The van der Waals surface area contributed by atoms with Crippen molar-refractivity contribution in [1.29, 1.82) is 0 Å². The molecule has 0 bridgehead atoms. The molecule has 7 nitrogen and oxygen atoms in total. The summed E-state index contributed by atoms with van der Waals surface area (Å²) in [4.78, 5) is 39.8. The molecule has 0 spiro atoms. The number of carbonyl (C=O) groups is 3. The van der Waals surface area contributed by atoms with E-state index < -0.39 is 17.7 Å². The summed E-state index contributed by atoms with van der Waals surface area (Å²) in [5.41, 5.74) is 0.699. The van der Waals surface area contributed by atoms with Gasteiger partial charge in [-0.2, -0.15) is 0 Å². The van der Waals surface area contributed by atoms with Crippen molar-refractivity contribution in [2.24, 2.45) is 0 Å². The normalized spacial score (nSPS) is 15.2. The number of amides is 3. The van der Waals surface area contributed by atoms with Gasteiger partial charge in [0.1, 0.15) is 18.2 Å². The monoisotopic (exact) mass is 441 g/mol. The molecular weight excluding hydrogens is 406 g/mol. The zero-order valence-electron chi connectivity index (χ0n) is 19.6. The Balaban J connectivity index is 2.20. The molecule has 174 valence electrons. The number of nitrogens with one attached hydrogen (secondary N) is 2. The van der Waals surface area contributed by atoms with Gasteiger partial charge in [-0.15, -0.1) is 6.42 Å². The number of rotatable bonds is 7. The van der Waals surface area contributed by atoms with Crippen LogP contribution in [0.1, 0.15) is 77.0 Å². The molecule has 2 N–H and O–H groups in total. The van der Waals surface area contributed by atoms with Crippen molar-refractivity contribution in [3.05, 3.63) is 35.4 Å². The van der Waals surface area contributed by atoms with Gasteiger partial charge in [0.25, 0.3) is 0 Å². The van der Waals surface area contributed by atoms with Gasteiger partial charge in [-0.3, -0.25) is 9.59 Å². The first-order valence-corrected chi connectivity index (χ1v) is 11.3. The summed E-state index contributed by atoms with van der Waals surface area (Å²) in [6.45, 7) is 7.09. The van der Waals surface area contributed by atoms with Gasteiger partial charge in [0.2, 0.25) is 11.8 Å². The summed E-state index contributed by atoms with van der Waals surface area (Å²) < 4.78 is 5.20. The van der Waals surface area contributed by atoms with Gasteiger partial charge in [-0.25, -0.2) is 4.79 Å². The number of hydrogen-bond acceptors (Lipinski definition) is 4. The van der Waals surface area contributed by atoms with E-state index >= 15 is 0 Å². The molecule has 1 fully saturated rings. The van der Waals surface area contributed by atoms with Crippen molar-refractivity contribution in [2.45, 2.75) is 77.5 Å². The van der Waals surface area contributed by atoms with Crippen molar-refractivity contribution >= 4 is 17.9 Å². The fourth-order valence-corrected chi connectivity index (χ4v) is 3.83. The zero-order valence-corrected chi connectivity index (χ0v) is 19.6. The highest BCUT2D eigenvalue weighted by molar-refractivity contribution is 5.90. The predicted octanol–water partition coefficient (Wildman–Crippen LogP) is 3.53. The molecule has 0 aromatic heterocycles. The standard InChI is InChI=1S/C25H35N3O4/c1-6-18-13-15-19(16-14-18)22(23(30)27-20-11-9-8-10-12-20)28(7-2)21(29)17-26-24(31)32-25(3,4)5/h1,13-16,20,22H,7-12,17H2,2-5H3,(H,26,31)(H,27,30). The molecule has 0 radical (unpaired) electrons. The van der Waals surface area contributed by atoms with E-state index in [1.807, 2.05) is 6.92 Å². The molecule has 1 aliphatic rings. The molecule has 32 heavy (non-hydrogen) atoms. The molecule has 0 saturated heterocycles. The van der Waals surface area contributed by atoms with Gasteiger partial charge < -0.3 is 20.3 Å². The molecule has 1 aromatic carbocycles. The first-order valence-electron chi connectivity index (χ1n) is 11.3. The molecule has 1 unspecified atom stereocenters. The van der Waals surface area contributed by atoms with Crippen molar-refractivity contribution in [1.82, 2.24) is 15.5 Å². The fraction of sp³-hybridized carbons (Fsp3) is 0.560. The number of hydrogen-bond donors (Lipinski definition) is 2. The summed E-state index contributed by atoms with van der Waals surface area (Å²) in [5, 5.41) is 5.61. The predicted molar refractivity (Wildman–Crippen MR) is 124 cm³/mol. The van der Waals surface area contributed by atoms with E-state index in [1.54, 1.807) is 45.0 Å². The lowest BCUT2D eigenvalue weighted by Crippen LogP contribution is -2.49. The Kier molecular flexibility index (Phi) is 9.13. The number of nitrogens with zero attached hydrogens (tertiary/aromatic N) is 1. The first-order chi connectivity index (χ1) is 15.1. The van der Waals surface area contributed by atoms with E-state index in [1.165, 1.54) is 11.3 Å². The van der Waals surface area contributed by atoms with Gasteiger partial charge in [0.15, 0.2) is 0 Å². The van der Waals surface area contributed by atoms with Crippen LogP contribution in [0, 0.1) is 12.3 Å². The number of terminal acetylenes is 1. The van der Waals surface area contributed by atoms with Crippen molar-refractivity contribution in [2.75, 3.05) is 13.1 Å². The third-order valence-corrected chi connectivity index (χ3v) is 5.35. The van der Waals surface area contributed by atoms with Crippen LogP contribution in [-0.4, -0.2) is 47.5 Å². The van der Waals surface area contributed by atoms with E-state index in [0.717, 1.165) is 25.7 Å². The van der Waals surface area contributed by atoms with Crippen molar-refractivity contribution in [3.63, 3.8) is 0 Å². The van der Waals surface area contributed by atoms with E-state index in [4.69, 9.17) is 11.2 Å². The van der Waals surface area contributed by atoms with Crippen LogP contribution in [-0.2, 0) is 14.3 Å². The number of carbonyl (C=O) groups excluding carboxylic acids is 3. The quantitative estimate of drug-likeness (QED) is 0.634. The lowest BCUT2D eigenvalue weighted by molar-refractivity contribution is -0.140. The molecule has 1 aromatic rings. The highest BCUT2D eigenvalue weighted by Gasteiger charge is 2.32. The highest BCUT2D eigenvalue weighted by atomic mass is 16.6. The van der Waals surface area contributed by atoms with Crippen LogP contribution in [0.25, 0.3) is 0 Å². The SMILES string of the molecule is C#Cc1ccc(C(C(=O)NC2CCCCC2)N(CC)C(=O)CNC(=O)OC(C)(C)C)cc1.